The summed E-state index contributed by atoms with van der Waals surface area (Å²) in [6.45, 7) is 0.157. The van der Waals surface area contributed by atoms with Gasteiger partial charge in [0.25, 0.3) is 5.91 Å². The molecule has 1 heterocycles. The second-order valence-corrected chi connectivity index (χ2v) is 3.83. The highest BCUT2D eigenvalue weighted by Crippen LogP contribution is 2.07. The molecule has 0 aliphatic carbocycles. The second kappa shape index (κ2) is 6.28. The zero-order valence-electron chi connectivity index (χ0n) is 10.3. The summed E-state index contributed by atoms with van der Waals surface area (Å²) in [7, 11) is 0. The van der Waals surface area contributed by atoms with Crippen molar-refractivity contribution in [3.63, 3.8) is 0 Å². The Kier molecular flexibility index (Phi) is 4.23. The molecule has 0 atom stereocenters. The van der Waals surface area contributed by atoms with Crippen LogP contribution in [0.4, 0.5) is 0 Å². The zero-order chi connectivity index (χ0) is 14.4. The first-order chi connectivity index (χ1) is 9.65. The summed E-state index contributed by atoms with van der Waals surface area (Å²) in [5, 5.41) is 14.8. The van der Waals surface area contributed by atoms with Crippen molar-refractivity contribution >= 4 is 18.0 Å². The Morgan fingerprint density at radius 1 is 1.40 bits per heavy atom. The van der Waals surface area contributed by atoms with Gasteiger partial charge in [-0.1, -0.05) is 17.3 Å². The fraction of sp³-hybridized carbons (Fsp3) is 0.0769. The maximum absolute atomic E-state index is 11.9. The summed E-state index contributed by atoms with van der Waals surface area (Å²) in [6, 6.07) is 6.59. The standard InChI is InChI=1S/C13H11N3O4/c17-12(18)5-4-9-2-1-3-10(6-9)13(19)14-7-11-15-8-20-16-11/h1-6,8H,7H2,(H,14,19)(H,17,18)/b5-4+. The number of carboxylic acid groups (broad SMARTS) is 1. The van der Waals surface area contributed by atoms with Gasteiger partial charge in [-0.15, -0.1) is 0 Å². The molecular weight excluding hydrogens is 262 g/mol. The Hall–Kier alpha value is -2.96. The third-order valence-electron chi connectivity index (χ3n) is 2.38. The van der Waals surface area contributed by atoms with E-state index in [1.54, 1.807) is 24.3 Å². The molecule has 1 aromatic carbocycles. The van der Waals surface area contributed by atoms with Crippen molar-refractivity contribution in [3.05, 3.63) is 53.7 Å². The molecule has 102 valence electrons. The first-order valence-electron chi connectivity index (χ1n) is 5.69. The summed E-state index contributed by atoms with van der Waals surface area (Å²) in [5.74, 6) is -0.974. The van der Waals surface area contributed by atoms with Crippen LogP contribution in [0.2, 0.25) is 0 Å². The second-order valence-electron chi connectivity index (χ2n) is 3.83. The van der Waals surface area contributed by atoms with Crippen molar-refractivity contribution in [2.45, 2.75) is 6.54 Å². The molecule has 7 nitrogen and oxygen atoms in total. The number of rotatable bonds is 5. The van der Waals surface area contributed by atoms with E-state index < -0.39 is 5.97 Å². The molecule has 0 aliphatic heterocycles. The van der Waals surface area contributed by atoms with Gasteiger partial charge in [-0.2, -0.15) is 4.98 Å². The van der Waals surface area contributed by atoms with Crippen LogP contribution in [0.5, 0.6) is 0 Å². The average molecular weight is 273 g/mol. The number of carbonyl (C=O) groups is 2. The van der Waals surface area contributed by atoms with Crippen molar-refractivity contribution in [1.82, 2.24) is 15.5 Å². The number of hydrogen-bond donors (Lipinski definition) is 2. The largest absolute Gasteiger partial charge is 0.478 e. The number of aromatic nitrogens is 2. The number of carbonyl (C=O) groups excluding carboxylic acids is 1. The first kappa shape index (κ1) is 13.5. The van der Waals surface area contributed by atoms with Gasteiger partial charge in [0.1, 0.15) is 0 Å². The number of amides is 1. The van der Waals surface area contributed by atoms with Gasteiger partial charge >= 0.3 is 5.97 Å². The molecule has 0 radical (unpaired) electrons. The van der Waals surface area contributed by atoms with Gasteiger partial charge in [0, 0.05) is 11.6 Å². The van der Waals surface area contributed by atoms with Crippen LogP contribution in [-0.4, -0.2) is 27.1 Å². The number of hydrogen-bond acceptors (Lipinski definition) is 5. The van der Waals surface area contributed by atoms with Gasteiger partial charge in [-0.25, -0.2) is 4.79 Å². The van der Waals surface area contributed by atoms with E-state index in [0.717, 1.165) is 6.08 Å². The molecule has 0 saturated carbocycles. The highest BCUT2D eigenvalue weighted by molar-refractivity contribution is 5.95. The Morgan fingerprint density at radius 3 is 2.95 bits per heavy atom. The van der Waals surface area contributed by atoms with Crippen LogP contribution in [0.25, 0.3) is 6.08 Å². The topological polar surface area (TPSA) is 105 Å². The van der Waals surface area contributed by atoms with Crippen molar-refractivity contribution < 1.29 is 19.2 Å². The average Bonchev–Trinajstić information content (AvgIpc) is 2.96. The van der Waals surface area contributed by atoms with Crippen LogP contribution in [-0.2, 0) is 11.3 Å². The van der Waals surface area contributed by atoms with Crippen LogP contribution in [0.15, 0.2) is 41.3 Å². The highest BCUT2D eigenvalue weighted by Gasteiger charge is 2.07. The van der Waals surface area contributed by atoms with E-state index in [0.29, 0.717) is 17.0 Å². The monoisotopic (exact) mass is 273 g/mol. The van der Waals surface area contributed by atoms with Crippen LogP contribution in [0, 0.1) is 0 Å². The van der Waals surface area contributed by atoms with E-state index in [9.17, 15) is 9.59 Å². The van der Waals surface area contributed by atoms with E-state index in [1.165, 1.54) is 12.5 Å². The fourth-order valence-electron chi connectivity index (χ4n) is 1.48. The predicted octanol–water partition coefficient (Wildman–Crippen LogP) is 1.10. The van der Waals surface area contributed by atoms with Gasteiger partial charge in [0.05, 0.1) is 6.54 Å². The minimum Gasteiger partial charge on any atom is -0.478 e. The normalized spacial score (nSPS) is 10.6. The van der Waals surface area contributed by atoms with Gasteiger partial charge in [-0.05, 0) is 23.8 Å². The number of nitrogens with zero attached hydrogens (tertiary/aromatic N) is 2. The molecule has 0 saturated heterocycles. The summed E-state index contributed by atoms with van der Waals surface area (Å²) < 4.78 is 4.55. The van der Waals surface area contributed by atoms with Crippen LogP contribution < -0.4 is 5.32 Å². The van der Waals surface area contributed by atoms with Crippen molar-refractivity contribution in [1.29, 1.82) is 0 Å². The summed E-state index contributed by atoms with van der Waals surface area (Å²) in [4.78, 5) is 26.1. The Balaban J connectivity index is 2.02. The smallest absolute Gasteiger partial charge is 0.328 e. The SMILES string of the molecule is O=C(O)/C=C/c1cccc(C(=O)NCc2ncon2)c1. The molecular formula is C13H11N3O4. The third-order valence-corrected chi connectivity index (χ3v) is 2.38. The molecule has 1 amide bonds. The van der Waals surface area contributed by atoms with E-state index in [1.807, 2.05) is 0 Å². The van der Waals surface area contributed by atoms with Gasteiger partial charge < -0.3 is 14.9 Å². The molecule has 0 bridgehead atoms. The van der Waals surface area contributed by atoms with Crippen molar-refractivity contribution in [3.8, 4) is 0 Å². The molecule has 1 aromatic heterocycles. The fourth-order valence-corrected chi connectivity index (χ4v) is 1.48. The lowest BCUT2D eigenvalue weighted by molar-refractivity contribution is -0.131. The Morgan fingerprint density at radius 2 is 2.25 bits per heavy atom. The summed E-state index contributed by atoms with van der Waals surface area (Å²) in [6.07, 6.45) is 3.60. The number of carboxylic acids is 1. The molecule has 2 aromatic rings. The molecule has 0 fully saturated rings. The van der Waals surface area contributed by atoms with Crippen LogP contribution >= 0.6 is 0 Å². The maximum Gasteiger partial charge on any atom is 0.328 e. The van der Waals surface area contributed by atoms with E-state index in [4.69, 9.17) is 5.11 Å². The lowest BCUT2D eigenvalue weighted by Gasteiger charge is -2.03. The zero-order valence-corrected chi connectivity index (χ0v) is 10.3. The molecule has 2 N–H and O–H groups in total. The lowest BCUT2D eigenvalue weighted by Crippen LogP contribution is -2.23. The minimum absolute atomic E-state index is 0.157. The van der Waals surface area contributed by atoms with E-state index >= 15 is 0 Å². The number of aliphatic carboxylic acids is 1. The minimum atomic E-state index is -1.04. The summed E-state index contributed by atoms with van der Waals surface area (Å²) in [5.41, 5.74) is 1.04. The quantitative estimate of drug-likeness (QED) is 0.790. The van der Waals surface area contributed by atoms with Gasteiger partial charge in [-0.3, -0.25) is 4.79 Å². The van der Waals surface area contributed by atoms with E-state index in [-0.39, 0.29) is 12.5 Å². The predicted molar refractivity (Wildman–Crippen MR) is 68.6 cm³/mol. The Bertz CT molecular complexity index is 635. The molecule has 7 heteroatoms. The number of benzene rings is 1. The highest BCUT2D eigenvalue weighted by atomic mass is 16.5. The molecule has 0 unspecified atom stereocenters. The van der Waals surface area contributed by atoms with Crippen LogP contribution in [0.3, 0.4) is 0 Å². The summed E-state index contributed by atoms with van der Waals surface area (Å²) >= 11 is 0. The third kappa shape index (κ3) is 3.77. The van der Waals surface area contributed by atoms with Gasteiger partial charge in [0.2, 0.25) is 6.39 Å². The van der Waals surface area contributed by atoms with Gasteiger partial charge in [0.15, 0.2) is 5.82 Å². The molecule has 0 aliphatic rings. The molecule has 0 spiro atoms. The lowest BCUT2D eigenvalue weighted by atomic mass is 10.1. The van der Waals surface area contributed by atoms with E-state index in [2.05, 4.69) is 20.0 Å². The number of nitrogens with one attached hydrogen (secondary N) is 1. The van der Waals surface area contributed by atoms with Crippen molar-refractivity contribution in [2.24, 2.45) is 0 Å². The first-order valence-corrected chi connectivity index (χ1v) is 5.69. The molecule has 2 rings (SSSR count). The molecule has 20 heavy (non-hydrogen) atoms. The Labute approximate surface area is 113 Å². The van der Waals surface area contributed by atoms with Crippen LogP contribution in [0.1, 0.15) is 21.7 Å². The van der Waals surface area contributed by atoms with Crippen molar-refractivity contribution in [2.75, 3.05) is 0 Å². The maximum atomic E-state index is 11.9.